The van der Waals surface area contributed by atoms with Crippen molar-refractivity contribution in [1.29, 1.82) is 0 Å². The highest BCUT2D eigenvalue weighted by Gasteiger charge is 2.05. The SMILES string of the molecule is CCN(CC)CCOc1cc(C(C)C)ccc1C.Cl. The van der Waals surface area contributed by atoms with Gasteiger partial charge in [-0.2, -0.15) is 0 Å². The predicted molar refractivity (Wildman–Crippen MR) is 85.8 cm³/mol. The fourth-order valence-electron chi connectivity index (χ4n) is 1.96. The summed E-state index contributed by atoms with van der Waals surface area (Å²) in [7, 11) is 0. The molecule has 0 bridgehead atoms. The molecule has 0 spiro atoms. The zero-order valence-electron chi connectivity index (χ0n) is 12.9. The standard InChI is InChI=1S/C16H27NO.ClH/c1-6-17(7-2)10-11-18-16-12-15(13(3)4)9-8-14(16)5;/h8-9,12-13H,6-7,10-11H2,1-5H3;1H. The summed E-state index contributed by atoms with van der Waals surface area (Å²) < 4.78 is 5.92. The van der Waals surface area contributed by atoms with E-state index in [2.05, 4.69) is 57.7 Å². The quantitative estimate of drug-likeness (QED) is 0.742. The van der Waals surface area contributed by atoms with Crippen LogP contribution in [0, 0.1) is 6.92 Å². The van der Waals surface area contributed by atoms with Crippen LogP contribution in [0.4, 0.5) is 0 Å². The summed E-state index contributed by atoms with van der Waals surface area (Å²) in [5, 5.41) is 0. The van der Waals surface area contributed by atoms with Gasteiger partial charge in [0.2, 0.25) is 0 Å². The predicted octanol–water partition coefficient (Wildman–Crippen LogP) is 4.26. The Balaban J connectivity index is 0.00000324. The number of likely N-dealkylation sites (N-methyl/N-ethyl adjacent to an activating group) is 1. The molecule has 0 atom stereocenters. The minimum atomic E-state index is 0. The molecule has 3 heteroatoms. The Hall–Kier alpha value is -0.730. The number of ether oxygens (including phenoxy) is 1. The third-order valence-electron chi connectivity index (χ3n) is 3.44. The van der Waals surface area contributed by atoms with Gasteiger partial charge in [-0.3, -0.25) is 0 Å². The summed E-state index contributed by atoms with van der Waals surface area (Å²) >= 11 is 0. The van der Waals surface area contributed by atoms with E-state index in [4.69, 9.17) is 4.74 Å². The Kier molecular flexibility index (Phi) is 8.86. The first-order valence-electron chi connectivity index (χ1n) is 7.04. The molecule has 0 aromatic heterocycles. The zero-order chi connectivity index (χ0) is 13.5. The van der Waals surface area contributed by atoms with E-state index < -0.39 is 0 Å². The molecule has 0 radical (unpaired) electrons. The van der Waals surface area contributed by atoms with E-state index in [-0.39, 0.29) is 12.4 Å². The van der Waals surface area contributed by atoms with Crippen molar-refractivity contribution >= 4 is 12.4 Å². The molecule has 1 rings (SSSR count). The number of hydrogen-bond acceptors (Lipinski definition) is 2. The minimum absolute atomic E-state index is 0. The van der Waals surface area contributed by atoms with Gasteiger partial charge in [-0.15, -0.1) is 12.4 Å². The lowest BCUT2D eigenvalue weighted by molar-refractivity contribution is 0.222. The van der Waals surface area contributed by atoms with E-state index in [1.54, 1.807) is 0 Å². The number of benzene rings is 1. The van der Waals surface area contributed by atoms with Gasteiger partial charge in [0.25, 0.3) is 0 Å². The molecule has 110 valence electrons. The van der Waals surface area contributed by atoms with Gasteiger partial charge in [-0.05, 0) is 43.1 Å². The molecule has 2 nitrogen and oxygen atoms in total. The van der Waals surface area contributed by atoms with E-state index in [0.717, 1.165) is 32.0 Å². The Labute approximate surface area is 124 Å². The molecule has 0 unspecified atom stereocenters. The second kappa shape index (κ2) is 9.22. The summed E-state index contributed by atoms with van der Waals surface area (Å²) in [6, 6.07) is 6.53. The molecule has 0 N–H and O–H groups in total. The zero-order valence-corrected chi connectivity index (χ0v) is 13.7. The second-order valence-electron chi connectivity index (χ2n) is 5.05. The van der Waals surface area contributed by atoms with E-state index >= 15 is 0 Å². The van der Waals surface area contributed by atoms with E-state index in [1.165, 1.54) is 11.1 Å². The van der Waals surface area contributed by atoms with Crippen LogP contribution in [0.3, 0.4) is 0 Å². The van der Waals surface area contributed by atoms with Crippen LogP contribution in [-0.4, -0.2) is 31.1 Å². The number of nitrogens with zero attached hydrogens (tertiary/aromatic N) is 1. The van der Waals surface area contributed by atoms with Crippen molar-refractivity contribution in [2.45, 2.75) is 40.5 Å². The van der Waals surface area contributed by atoms with Crippen molar-refractivity contribution in [1.82, 2.24) is 4.90 Å². The Morgan fingerprint density at radius 2 is 1.79 bits per heavy atom. The van der Waals surface area contributed by atoms with Gasteiger partial charge in [-0.1, -0.05) is 39.8 Å². The van der Waals surface area contributed by atoms with Crippen LogP contribution < -0.4 is 4.74 Å². The normalized spacial score (nSPS) is 10.7. The third kappa shape index (κ3) is 5.84. The van der Waals surface area contributed by atoms with Gasteiger partial charge in [0.15, 0.2) is 0 Å². The number of halogens is 1. The topological polar surface area (TPSA) is 12.5 Å². The van der Waals surface area contributed by atoms with Crippen LogP contribution >= 0.6 is 12.4 Å². The Morgan fingerprint density at radius 1 is 1.16 bits per heavy atom. The van der Waals surface area contributed by atoms with Gasteiger partial charge < -0.3 is 9.64 Å². The van der Waals surface area contributed by atoms with Crippen molar-refractivity contribution in [3.8, 4) is 5.75 Å². The largest absolute Gasteiger partial charge is 0.492 e. The van der Waals surface area contributed by atoms with Gasteiger partial charge in [0.1, 0.15) is 12.4 Å². The Morgan fingerprint density at radius 3 is 2.32 bits per heavy atom. The van der Waals surface area contributed by atoms with Gasteiger partial charge in [0.05, 0.1) is 0 Å². The molecule has 0 saturated heterocycles. The summed E-state index contributed by atoms with van der Waals surface area (Å²) in [4.78, 5) is 2.38. The van der Waals surface area contributed by atoms with Gasteiger partial charge in [-0.25, -0.2) is 0 Å². The van der Waals surface area contributed by atoms with E-state index in [0.29, 0.717) is 5.92 Å². The number of aryl methyl sites for hydroxylation is 1. The molecule has 0 aliphatic carbocycles. The molecule has 19 heavy (non-hydrogen) atoms. The van der Waals surface area contributed by atoms with Crippen LogP contribution in [0.25, 0.3) is 0 Å². The van der Waals surface area contributed by atoms with Crippen LogP contribution in [0.1, 0.15) is 44.7 Å². The van der Waals surface area contributed by atoms with Crippen molar-refractivity contribution in [2.75, 3.05) is 26.2 Å². The fraction of sp³-hybridized carbons (Fsp3) is 0.625. The Bertz CT molecular complexity index is 362. The molecular weight excluding hydrogens is 258 g/mol. The van der Waals surface area contributed by atoms with Crippen molar-refractivity contribution < 1.29 is 4.74 Å². The van der Waals surface area contributed by atoms with Crippen molar-refractivity contribution in [3.63, 3.8) is 0 Å². The minimum Gasteiger partial charge on any atom is -0.492 e. The average molecular weight is 286 g/mol. The number of rotatable bonds is 7. The van der Waals surface area contributed by atoms with Crippen LogP contribution in [0.5, 0.6) is 5.75 Å². The average Bonchev–Trinajstić information content (AvgIpc) is 2.36. The first-order valence-corrected chi connectivity index (χ1v) is 7.04. The molecule has 0 aliphatic heterocycles. The highest BCUT2D eigenvalue weighted by Crippen LogP contribution is 2.24. The lowest BCUT2D eigenvalue weighted by atomic mass is 10.0. The summed E-state index contributed by atoms with van der Waals surface area (Å²) in [6.07, 6.45) is 0. The maximum Gasteiger partial charge on any atom is 0.122 e. The molecule has 0 aliphatic rings. The van der Waals surface area contributed by atoms with Crippen molar-refractivity contribution in [3.05, 3.63) is 29.3 Å². The molecule has 0 amide bonds. The first-order chi connectivity index (χ1) is 8.58. The van der Waals surface area contributed by atoms with E-state index in [1.807, 2.05) is 0 Å². The second-order valence-corrected chi connectivity index (χ2v) is 5.05. The molecular formula is C16H28ClNO. The van der Waals surface area contributed by atoms with Crippen LogP contribution in [0.2, 0.25) is 0 Å². The lowest BCUT2D eigenvalue weighted by Crippen LogP contribution is -2.28. The first kappa shape index (κ1) is 18.3. The summed E-state index contributed by atoms with van der Waals surface area (Å²) in [5.74, 6) is 1.59. The molecule has 0 fully saturated rings. The molecule has 1 aromatic rings. The smallest absolute Gasteiger partial charge is 0.122 e. The monoisotopic (exact) mass is 285 g/mol. The molecule has 0 heterocycles. The maximum atomic E-state index is 5.92. The third-order valence-corrected chi connectivity index (χ3v) is 3.44. The van der Waals surface area contributed by atoms with E-state index in [9.17, 15) is 0 Å². The highest BCUT2D eigenvalue weighted by atomic mass is 35.5. The summed E-state index contributed by atoms with van der Waals surface area (Å²) in [5.41, 5.74) is 2.57. The van der Waals surface area contributed by atoms with Crippen molar-refractivity contribution in [2.24, 2.45) is 0 Å². The van der Waals surface area contributed by atoms with Gasteiger partial charge >= 0.3 is 0 Å². The highest BCUT2D eigenvalue weighted by molar-refractivity contribution is 5.85. The fourth-order valence-corrected chi connectivity index (χ4v) is 1.96. The molecule has 1 aromatic carbocycles. The summed E-state index contributed by atoms with van der Waals surface area (Å²) in [6.45, 7) is 14.9. The van der Waals surface area contributed by atoms with Crippen LogP contribution in [-0.2, 0) is 0 Å². The van der Waals surface area contributed by atoms with Gasteiger partial charge in [0, 0.05) is 6.54 Å². The lowest BCUT2D eigenvalue weighted by Gasteiger charge is -2.19. The number of hydrogen-bond donors (Lipinski definition) is 0. The molecule has 0 saturated carbocycles. The maximum absolute atomic E-state index is 5.92. The van der Waals surface area contributed by atoms with Crippen LogP contribution in [0.15, 0.2) is 18.2 Å².